The zero-order valence-corrected chi connectivity index (χ0v) is 11.9. The predicted octanol–water partition coefficient (Wildman–Crippen LogP) is 3.08. The lowest BCUT2D eigenvalue weighted by Crippen LogP contribution is -2.29. The fourth-order valence-electron chi connectivity index (χ4n) is 2.50. The van der Waals surface area contributed by atoms with Gasteiger partial charge in [0.25, 0.3) is 0 Å². The molecule has 0 fully saturated rings. The Hall–Kier alpha value is -2.41. The second-order valence-electron chi connectivity index (χ2n) is 5.33. The van der Waals surface area contributed by atoms with Crippen molar-refractivity contribution in [3.63, 3.8) is 0 Å². The number of rotatable bonds is 3. The van der Waals surface area contributed by atoms with Crippen LogP contribution in [0.4, 0.5) is 0 Å². The summed E-state index contributed by atoms with van der Waals surface area (Å²) in [5, 5.41) is 9.41. The Bertz CT molecular complexity index is 624. The molecule has 2 N–H and O–H groups in total. The minimum atomic E-state index is -0.333. The Balaban J connectivity index is 2.72. The second-order valence-corrected chi connectivity index (χ2v) is 5.33. The Kier molecular flexibility index (Phi) is 3.46. The molecule has 1 heterocycles. The van der Waals surface area contributed by atoms with Gasteiger partial charge in [0.15, 0.2) is 11.5 Å². The van der Waals surface area contributed by atoms with Gasteiger partial charge in [-0.3, -0.25) is 0 Å². The summed E-state index contributed by atoms with van der Waals surface area (Å²) < 4.78 is 10.9. The van der Waals surface area contributed by atoms with Crippen LogP contribution in [0.5, 0.6) is 11.5 Å². The third-order valence-electron chi connectivity index (χ3n) is 3.70. The van der Waals surface area contributed by atoms with Crippen LogP contribution in [-0.2, 0) is 0 Å². The van der Waals surface area contributed by atoms with E-state index in [1.807, 2.05) is 32.1 Å². The number of hydrogen-bond acceptors (Lipinski definition) is 4. The van der Waals surface area contributed by atoms with Crippen molar-refractivity contribution in [3.8, 4) is 17.6 Å². The molecular formula is C16H18N2O2. The number of nitriles is 1. The first kappa shape index (κ1) is 14.0. The van der Waals surface area contributed by atoms with E-state index in [1.165, 1.54) is 0 Å². The number of hydrogen-bond donors (Lipinski definition) is 1. The van der Waals surface area contributed by atoms with Crippen molar-refractivity contribution in [2.45, 2.75) is 19.8 Å². The fourth-order valence-corrected chi connectivity index (χ4v) is 2.50. The molecule has 0 aromatic heterocycles. The molecule has 0 spiro atoms. The van der Waals surface area contributed by atoms with Gasteiger partial charge in [-0.2, -0.15) is 5.26 Å². The first-order valence-corrected chi connectivity index (χ1v) is 6.34. The monoisotopic (exact) mass is 270 g/mol. The molecule has 4 heteroatoms. The summed E-state index contributed by atoms with van der Waals surface area (Å²) in [5.74, 6) is 1.10. The summed E-state index contributed by atoms with van der Waals surface area (Å²) in [6.07, 6.45) is 1.83. The zero-order valence-electron chi connectivity index (χ0n) is 11.9. The fraction of sp³-hybridized carbons (Fsp3) is 0.312. The summed E-state index contributed by atoms with van der Waals surface area (Å²) in [5.41, 5.74) is 6.90. The van der Waals surface area contributed by atoms with Crippen molar-refractivity contribution in [2.24, 2.45) is 11.1 Å². The van der Waals surface area contributed by atoms with Gasteiger partial charge in [0.2, 0.25) is 5.88 Å². The van der Waals surface area contributed by atoms with E-state index >= 15 is 0 Å². The largest absolute Gasteiger partial charge is 0.493 e. The van der Waals surface area contributed by atoms with E-state index in [2.05, 4.69) is 12.6 Å². The third kappa shape index (κ3) is 2.01. The lowest BCUT2D eigenvalue weighted by Gasteiger charge is -2.36. The molecule has 1 aliphatic heterocycles. The lowest BCUT2D eigenvalue weighted by atomic mass is 9.70. The number of nitrogens with two attached hydrogens (primary N) is 1. The van der Waals surface area contributed by atoms with Crippen LogP contribution >= 0.6 is 0 Å². The van der Waals surface area contributed by atoms with Crippen molar-refractivity contribution >= 4 is 0 Å². The molecule has 1 atom stereocenters. The summed E-state index contributed by atoms with van der Waals surface area (Å²) in [6.45, 7) is 7.91. The van der Waals surface area contributed by atoms with Crippen LogP contribution in [0, 0.1) is 16.7 Å². The molecule has 2 rings (SSSR count). The molecule has 104 valence electrons. The number of ether oxygens (including phenoxy) is 2. The number of fused-ring (bicyclic) bond motifs is 1. The number of nitrogens with zero attached hydrogens (tertiary/aromatic N) is 1. The van der Waals surface area contributed by atoms with E-state index in [9.17, 15) is 5.26 Å². The zero-order chi connectivity index (χ0) is 14.9. The Labute approximate surface area is 119 Å². The van der Waals surface area contributed by atoms with E-state index in [0.717, 1.165) is 5.56 Å². The molecule has 20 heavy (non-hydrogen) atoms. The maximum absolute atomic E-state index is 9.41. The predicted molar refractivity (Wildman–Crippen MR) is 77.2 cm³/mol. The smallest absolute Gasteiger partial charge is 0.205 e. The average molecular weight is 270 g/mol. The third-order valence-corrected chi connectivity index (χ3v) is 3.70. The molecule has 0 bridgehead atoms. The van der Waals surface area contributed by atoms with Crippen LogP contribution in [0.3, 0.4) is 0 Å². The Morgan fingerprint density at radius 3 is 2.75 bits per heavy atom. The summed E-state index contributed by atoms with van der Waals surface area (Å²) >= 11 is 0. The van der Waals surface area contributed by atoms with Crippen molar-refractivity contribution in [1.82, 2.24) is 0 Å². The molecule has 1 unspecified atom stereocenters. The van der Waals surface area contributed by atoms with Crippen LogP contribution in [-0.4, -0.2) is 7.11 Å². The van der Waals surface area contributed by atoms with E-state index in [1.54, 1.807) is 13.2 Å². The van der Waals surface area contributed by atoms with Gasteiger partial charge < -0.3 is 15.2 Å². The molecule has 1 aromatic rings. The standard InChI is InChI=1S/C16H18N2O2/c1-5-16(2,3)13-10-7-6-8-12(19-4)14(10)20-15(18)11(13)9-17/h5-8,13H,1,18H2,2-4H3. The van der Waals surface area contributed by atoms with Gasteiger partial charge in [0, 0.05) is 11.5 Å². The molecule has 1 aliphatic rings. The van der Waals surface area contributed by atoms with Gasteiger partial charge in [-0.25, -0.2) is 0 Å². The highest BCUT2D eigenvalue weighted by molar-refractivity contribution is 5.57. The van der Waals surface area contributed by atoms with Crippen LogP contribution in [0.15, 0.2) is 42.3 Å². The maximum atomic E-state index is 9.41. The molecule has 0 saturated heterocycles. The van der Waals surface area contributed by atoms with Crippen LogP contribution in [0.2, 0.25) is 0 Å². The topological polar surface area (TPSA) is 68.3 Å². The molecule has 4 nitrogen and oxygen atoms in total. The van der Waals surface area contributed by atoms with Gasteiger partial charge in [-0.15, -0.1) is 6.58 Å². The molecule has 0 radical (unpaired) electrons. The molecule has 0 saturated carbocycles. The highest BCUT2D eigenvalue weighted by Crippen LogP contribution is 2.50. The minimum Gasteiger partial charge on any atom is -0.493 e. The molecule has 0 amide bonds. The summed E-state index contributed by atoms with van der Waals surface area (Å²) in [7, 11) is 1.58. The Morgan fingerprint density at radius 1 is 1.50 bits per heavy atom. The Morgan fingerprint density at radius 2 is 2.20 bits per heavy atom. The van der Waals surface area contributed by atoms with E-state index < -0.39 is 0 Å². The summed E-state index contributed by atoms with van der Waals surface area (Å²) in [6, 6.07) is 7.78. The number of benzene rings is 1. The van der Waals surface area contributed by atoms with Crippen molar-refractivity contribution in [2.75, 3.05) is 7.11 Å². The molecule has 1 aromatic carbocycles. The van der Waals surface area contributed by atoms with Gasteiger partial charge in [-0.05, 0) is 11.5 Å². The van der Waals surface area contributed by atoms with Crippen LogP contribution in [0.25, 0.3) is 0 Å². The van der Waals surface area contributed by atoms with E-state index in [-0.39, 0.29) is 17.2 Å². The van der Waals surface area contributed by atoms with Gasteiger partial charge in [0.05, 0.1) is 12.7 Å². The number of para-hydroxylation sites is 1. The molecular weight excluding hydrogens is 252 g/mol. The molecule has 0 aliphatic carbocycles. The SMILES string of the molecule is C=CC(C)(C)C1C(C#N)=C(N)Oc2c(OC)cccc21. The van der Waals surface area contributed by atoms with Crippen LogP contribution < -0.4 is 15.2 Å². The second kappa shape index (κ2) is 4.93. The number of allylic oxidation sites excluding steroid dienone is 2. The number of methoxy groups -OCH3 is 1. The minimum absolute atomic E-state index is 0.129. The first-order valence-electron chi connectivity index (χ1n) is 6.34. The quantitative estimate of drug-likeness (QED) is 0.857. The van der Waals surface area contributed by atoms with Crippen molar-refractivity contribution in [3.05, 3.63) is 47.9 Å². The normalized spacial score (nSPS) is 17.8. The summed E-state index contributed by atoms with van der Waals surface area (Å²) in [4.78, 5) is 0. The maximum Gasteiger partial charge on any atom is 0.205 e. The first-order chi connectivity index (χ1) is 9.46. The van der Waals surface area contributed by atoms with Crippen LogP contribution in [0.1, 0.15) is 25.3 Å². The van der Waals surface area contributed by atoms with Gasteiger partial charge in [0.1, 0.15) is 6.07 Å². The van der Waals surface area contributed by atoms with E-state index in [0.29, 0.717) is 17.1 Å². The average Bonchev–Trinajstić information content (AvgIpc) is 2.45. The lowest BCUT2D eigenvalue weighted by molar-refractivity contribution is 0.314. The van der Waals surface area contributed by atoms with E-state index in [4.69, 9.17) is 15.2 Å². The van der Waals surface area contributed by atoms with Crippen molar-refractivity contribution in [1.29, 1.82) is 5.26 Å². The van der Waals surface area contributed by atoms with Crippen molar-refractivity contribution < 1.29 is 9.47 Å². The van der Waals surface area contributed by atoms with Gasteiger partial charge >= 0.3 is 0 Å². The van der Waals surface area contributed by atoms with Gasteiger partial charge in [-0.1, -0.05) is 32.1 Å². The highest BCUT2D eigenvalue weighted by Gasteiger charge is 2.39. The highest BCUT2D eigenvalue weighted by atomic mass is 16.5.